The second-order valence-electron chi connectivity index (χ2n) is 12.3. The van der Waals surface area contributed by atoms with Crippen molar-refractivity contribution in [1.82, 2.24) is 4.90 Å². The SMILES string of the molecule is CCCC=CCC=CCCCCCCCCOCC(CN1CCCC1)OCCCCCCCCCCCCCC. The molecule has 3 heteroatoms. The second kappa shape index (κ2) is 31.3. The van der Waals surface area contributed by atoms with E-state index in [9.17, 15) is 0 Å². The van der Waals surface area contributed by atoms with Crippen LogP contribution in [-0.4, -0.2) is 50.5 Å². The number of unbranched alkanes of at least 4 members (excludes halogenated alkanes) is 18. The van der Waals surface area contributed by atoms with Crippen molar-refractivity contribution in [1.29, 1.82) is 0 Å². The number of nitrogens with zero attached hydrogens (tertiary/aromatic N) is 1. The molecule has 0 aromatic heterocycles. The first-order chi connectivity index (χ1) is 19.9. The van der Waals surface area contributed by atoms with Crippen molar-refractivity contribution in [3.63, 3.8) is 0 Å². The van der Waals surface area contributed by atoms with E-state index in [1.165, 1.54) is 161 Å². The Morgan fingerprint density at radius 3 is 1.68 bits per heavy atom. The Bertz CT molecular complexity index is 540. The van der Waals surface area contributed by atoms with Crippen LogP contribution < -0.4 is 0 Å². The molecule has 0 spiro atoms. The number of hydrogen-bond donors (Lipinski definition) is 0. The van der Waals surface area contributed by atoms with Gasteiger partial charge in [0, 0.05) is 19.8 Å². The molecular weight excluding hydrogens is 490 g/mol. The topological polar surface area (TPSA) is 21.7 Å². The second-order valence-corrected chi connectivity index (χ2v) is 12.3. The summed E-state index contributed by atoms with van der Waals surface area (Å²) in [5.41, 5.74) is 0. The predicted octanol–water partition coefficient (Wildman–Crippen LogP) is 11.2. The molecule has 1 aliphatic heterocycles. The number of likely N-dealkylation sites (tertiary alicyclic amines) is 1. The minimum Gasteiger partial charge on any atom is -0.379 e. The van der Waals surface area contributed by atoms with Gasteiger partial charge in [-0.2, -0.15) is 0 Å². The first kappa shape index (κ1) is 37.4. The molecule has 0 radical (unpaired) electrons. The minimum absolute atomic E-state index is 0.251. The highest BCUT2D eigenvalue weighted by Crippen LogP contribution is 2.14. The Morgan fingerprint density at radius 2 is 1.07 bits per heavy atom. The lowest BCUT2D eigenvalue weighted by atomic mass is 10.1. The molecule has 0 aromatic carbocycles. The van der Waals surface area contributed by atoms with Crippen molar-refractivity contribution >= 4 is 0 Å². The third-order valence-electron chi connectivity index (χ3n) is 8.29. The Labute approximate surface area is 251 Å². The van der Waals surface area contributed by atoms with Gasteiger partial charge in [-0.25, -0.2) is 0 Å². The van der Waals surface area contributed by atoms with Gasteiger partial charge in [0.2, 0.25) is 0 Å². The van der Waals surface area contributed by atoms with Crippen molar-refractivity contribution in [3.8, 4) is 0 Å². The van der Waals surface area contributed by atoms with E-state index >= 15 is 0 Å². The van der Waals surface area contributed by atoms with Crippen molar-refractivity contribution in [3.05, 3.63) is 24.3 Å². The van der Waals surface area contributed by atoms with Gasteiger partial charge in [-0.05, 0) is 64.5 Å². The molecule has 1 atom stereocenters. The van der Waals surface area contributed by atoms with Gasteiger partial charge in [0.05, 0.1) is 12.7 Å². The summed E-state index contributed by atoms with van der Waals surface area (Å²) in [5.74, 6) is 0. The first-order valence-corrected chi connectivity index (χ1v) is 18.1. The highest BCUT2D eigenvalue weighted by atomic mass is 16.5. The van der Waals surface area contributed by atoms with Crippen LogP contribution in [0, 0.1) is 0 Å². The Kier molecular flexibility index (Phi) is 29.3. The minimum atomic E-state index is 0.251. The van der Waals surface area contributed by atoms with Gasteiger partial charge in [-0.15, -0.1) is 0 Å². The smallest absolute Gasteiger partial charge is 0.0934 e. The zero-order chi connectivity index (χ0) is 28.6. The third kappa shape index (κ3) is 26.3. The van der Waals surface area contributed by atoms with Crippen LogP contribution in [0.25, 0.3) is 0 Å². The van der Waals surface area contributed by atoms with E-state index < -0.39 is 0 Å². The zero-order valence-electron chi connectivity index (χ0n) is 27.4. The number of rotatable bonds is 31. The Balaban J connectivity index is 1.97. The molecule has 40 heavy (non-hydrogen) atoms. The number of ether oxygens (including phenoxy) is 2. The van der Waals surface area contributed by atoms with Crippen LogP contribution in [0.3, 0.4) is 0 Å². The molecule has 1 aliphatic rings. The summed E-state index contributed by atoms with van der Waals surface area (Å²) >= 11 is 0. The maximum atomic E-state index is 6.34. The van der Waals surface area contributed by atoms with Crippen LogP contribution in [-0.2, 0) is 9.47 Å². The molecule has 0 amide bonds. The molecule has 0 saturated carbocycles. The maximum absolute atomic E-state index is 6.34. The van der Waals surface area contributed by atoms with E-state index in [0.29, 0.717) is 0 Å². The lowest BCUT2D eigenvalue weighted by Crippen LogP contribution is -2.35. The summed E-state index contributed by atoms with van der Waals surface area (Å²) in [5, 5.41) is 0. The number of allylic oxidation sites excluding steroid dienone is 4. The Morgan fingerprint density at radius 1 is 0.550 bits per heavy atom. The molecule has 1 heterocycles. The van der Waals surface area contributed by atoms with Crippen LogP contribution in [0.2, 0.25) is 0 Å². The van der Waals surface area contributed by atoms with Crippen LogP contribution >= 0.6 is 0 Å². The molecular formula is C37H71NO2. The maximum Gasteiger partial charge on any atom is 0.0934 e. The fourth-order valence-electron chi connectivity index (χ4n) is 5.66. The van der Waals surface area contributed by atoms with Crippen molar-refractivity contribution in [2.45, 2.75) is 174 Å². The fourth-order valence-corrected chi connectivity index (χ4v) is 5.66. The third-order valence-corrected chi connectivity index (χ3v) is 8.29. The normalized spacial score (nSPS) is 15.2. The average molecular weight is 562 g/mol. The first-order valence-electron chi connectivity index (χ1n) is 18.1. The van der Waals surface area contributed by atoms with Gasteiger partial charge >= 0.3 is 0 Å². The Hall–Kier alpha value is -0.640. The summed E-state index contributed by atoms with van der Waals surface area (Å²) in [6.07, 6.45) is 41.7. The monoisotopic (exact) mass is 562 g/mol. The average Bonchev–Trinajstić information content (AvgIpc) is 3.48. The van der Waals surface area contributed by atoms with Gasteiger partial charge in [0.15, 0.2) is 0 Å². The summed E-state index contributed by atoms with van der Waals surface area (Å²) < 4.78 is 12.5. The number of hydrogen-bond acceptors (Lipinski definition) is 3. The van der Waals surface area contributed by atoms with Gasteiger partial charge in [0.1, 0.15) is 0 Å². The quantitative estimate of drug-likeness (QED) is 0.0620. The van der Waals surface area contributed by atoms with Crippen molar-refractivity contribution in [2.75, 3.05) is 39.5 Å². The summed E-state index contributed by atoms with van der Waals surface area (Å²) in [6.45, 7) is 10.6. The van der Waals surface area contributed by atoms with Gasteiger partial charge < -0.3 is 14.4 Å². The largest absolute Gasteiger partial charge is 0.379 e. The molecule has 1 rings (SSSR count). The standard InChI is InChI=1S/C37H71NO2/c1-3-5-7-9-11-13-15-17-18-19-21-23-25-29-33-39-36-37(35-38-31-27-28-32-38)40-34-30-26-24-22-20-16-14-12-10-8-6-4-2/h7,9,13,15,37H,3-6,8,10-12,14,16-36H2,1-2H3. The van der Waals surface area contributed by atoms with Crippen molar-refractivity contribution < 1.29 is 9.47 Å². The van der Waals surface area contributed by atoms with Crippen LogP contribution in [0.4, 0.5) is 0 Å². The molecule has 236 valence electrons. The summed E-state index contributed by atoms with van der Waals surface area (Å²) in [6, 6.07) is 0. The lowest BCUT2D eigenvalue weighted by molar-refractivity contribution is -0.0316. The van der Waals surface area contributed by atoms with E-state index in [0.717, 1.165) is 32.8 Å². The predicted molar refractivity (Wildman–Crippen MR) is 177 cm³/mol. The van der Waals surface area contributed by atoms with E-state index in [1.54, 1.807) is 0 Å². The molecule has 1 saturated heterocycles. The molecule has 0 N–H and O–H groups in total. The van der Waals surface area contributed by atoms with Crippen LogP contribution in [0.1, 0.15) is 168 Å². The molecule has 0 bridgehead atoms. The van der Waals surface area contributed by atoms with E-state index in [2.05, 4.69) is 43.1 Å². The van der Waals surface area contributed by atoms with E-state index in [-0.39, 0.29) is 6.10 Å². The van der Waals surface area contributed by atoms with E-state index in [1.807, 2.05) is 0 Å². The molecule has 1 fully saturated rings. The highest BCUT2D eigenvalue weighted by molar-refractivity contribution is 4.92. The van der Waals surface area contributed by atoms with Gasteiger partial charge in [-0.3, -0.25) is 0 Å². The summed E-state index contributed by atoms with van der Waals surface area (Å²) in [7, 11) is 0. The zero-order valence-corrected chi connectivity index (χ0v) is 27.4. The van der Waals surface area contributed by atoms with Crippen LogP contribution in [0.15, 0.2) is 24.3 Å². The van der Waals surface area contributed by atoms with E-state index in [4.69, 9.17) is 9.47 Å². The molecule has 1 unspecified atom stereocenters. The molecule has 3 nitrogen and oxygen atoms in total. The molecule has 0 aliphatic carbocycles. The van der Waals surface area contributed by atoms with Crippen molar-refractivity contribution in [2.24, 2.45) is 0 Å². The summed E-state index contributed by atoms with van der Waals surface area (Å²) in [4.78, 5) is 2.58. The van der Waals surface area contributed by atoms with Gasteiger partial charge in [-0.1, -0.05) is 141 Å². The lowest BCUT2D eigenvalue weighted by Gasteiger charge is -2.24. The van der Waals surface area contributed by atoms with Gasteiger partial charge in [0.25, 0.3) is 0 Å². The fraction of sp³-hybridized carbons (Fsp3) is 0.892. The molecule has 0 aromatic rings. The van der Waals surface area contributed by atoms with Crippen LogP contribution in [0.5, 0.6) is 0 Å². The highest BCUT2D eigenvalue weighted by Gasteiger charge is 2.18.